The minimum atomic E-state index is -1.89. The molecule has 11 heteroatoms. The van der Waals surface area contributed by atoms with Gasteiger partial charge in [-0.05, 0) is 61.7 Å². The summed E-state index contributed by atoms with van der Waals surface area (Å²) in [4.78, 5) is 36.8. The second-order valence-electron chi connectivity index (χ2n) is 9.47. The summed E-state index contributed by atoms with van der Waals surface area (Å²) in [6.07, 6.45) is 4.91. The van der Waals surface area contributed by atoms with Crippen LogP contribution in [0, 0.1) is 18.8 Å². The molecule has 4 aromatic heterocycles. The molecule has 2 aromatic carbocycles. The third-order valence-corrected chi connectivity index (χ3v) is 6.48. The number of benzene rings is 2. The minimum absolute atomic E-state index is 0.00297. The van der Waals surface area contributed by atoms with Crippen molar-refractivity contribution in [1.82, 2.24) is 39.2 Å². The molecule has 41 heavy (non-hydrogen) atoms. The first-order chi connectivity index (χ1) is 20.1. The molecule has 0 saturated heterocycles. The van der Waals surface area contributed by atoms with Crippen molar-refractivity contribution in [3.63, 3.8) is 0 Å². The summed E-state index contributed by atoms with van der Waals surface area (Å²) in [5.41, 5.74) is 8.61. The van der Waals surface area contributed by atoms with Crippen LogP contribution in [0.1, 0.15) is 47.3 Å². The Hall–Kier alpha value is -5.76. The van der Waals surface area contributed by atoms with Crippen LogP contribution in [0.15, 0.2) is 78.0 Å². The Morgan fingerprint density at radius 3 is 2.71 bits per heavy atom. The van der Waals surface area contributed by atoms with Gasteiger partial charge in [0.2, 0.25) is 0 Å². The molecule has 0 fully saturated rings. The van der Waals surface area contributed by atoms with Crippen LogP contribution in [0.2, 0.25) is 0 Å². The summed E-state index contributed by atoms with van der Waals surface area (Å²) in [5.74, 6) is 5.33. The number of carbonyl (C=O) groups is 1. The zero-order chi connectivity index (χ0) is 29.6. The van der Waals surface area contributed by atoms with E-state index >= 15 is 0 Å². The molecule has 0 radical (unpaired) electrons. The molecular formula is C30H25N9O2. The molecule has 3 N–H and O–H groups in total. The number of rotatable bonds is 4. The van der Waals surface area contributed by atoms with Crippen molar-refractivity contribution in [2.45, 2.75) is 19.9 Å². The van der Waals surface area contributed by atoms with E-state index in [0.717, 1.165) is 5.56 Å². The number of hydrogen-bond donors (Lipinski definition) is 2. The molecule has 4 heterocycles. The Labute approximate surface area is 235 Å². The van der Waals surface area contributed by atoms with Crippen LogP contribution >= 0.6 is 0 Å². The van der Waals surface area contributed by atoms with Gasteiger partial charge >= 0.3 is 0 Å². The first-order valence-electron chi connectivity index (χ1n) is 13.2. The number of fused-ring (bicyclic) bond motifs is 2. The molecule has 0 spiro atoms. The number of anilines is 1. The van der Waals surface area contributed by atoms with Gasteiger partial charge in [0, 0.05) is 31.2 Å². The van der Waals surface area contributed by atoms with Crippen LogP contribution in [-0.2, 0) is 7.05 Å². The molecule has 6 aromatic rings. The Morgan fingerprint density at radius 1 is 1.10 bits per heavy atom. The highest BCUT2D eigenvalue weighted by atomic mass is 16.2. The van der Waals surface area contributed by atoms with Gasteiger partial charge in [-0.3, -0.25) is 18.8 Å². The summed E-state index contributed by atoms with van der Waals surface area (Å²) in [5, 5.41) is 11.4. The molecule has 0 bridgehead atoms. The summed E-state index contributed by atoms with van der Waals surface area (Å²) in [7, 11) is 1.80. The third kappa shape index (κ3) is 4.68. The van der Waals surface area contributed by atoms with E-state index in [2.05, 4.69) is 32.3 Å². The van der Waals surface area contributed by atoms with Gasteiger partial charge < -0.3 is 11.1 Å². The zero-order valence-electron chi connectivity index (χ0n) is 23.5. The monoisotopic (exact) mass is 544 g/mol. The smallest absolute Gasteiger partial charge is 0.267 e. The van der Waals surface area contributed by atoms with E-state index in [1.54, 1.807) is 60.5 Å². The summed E-state index contributed by atoms with van der Waals surface area (Å²) in [6.45, 7) is 3.35. The number of nitrogens with zero attached hydrogens (tertiary/aromatic N) is 7. The molecule has 0 aliphatic rings. The Morgan fingerprint density at radius 2 is 1.93 bits per heavy atom. The van der Waals surface area contributed by atoms with Crippen LogP contribution in [0.25, 0.3) is 22.2 Å². The summed E-state index contributed by atoms with van der Waals surface area (Å²) in [6, 6.07) is 14.0. The fourth-order valence-electron chi connectivity index (χ4n) is 4.62. The van der Waals surface area contributed by atoms with E-state index < -0.39 is 17.5 Å². The average molecular weight is 545 g/mol. The van der Waals surface area contributed by atoms with Crippen LogP contribution in [0.5, 0.6) is 0 Å². The molecule has 1 amide bonds. The SMILES string of the molecule is [2H][C@@](C)(NC(=O)c1c(N)nn2cccnc12)c1nc2cccc(C#Cc3ccn(C)n3)c2c(=O)n1-c1cccc(C)c1. The van der Waals surface area contributed by atoms with Gasteiger partial charge in [-0.25, -0.2) is 14.5 Å². The number of nitrogens with two attached hydrogens (primary N) is 1. The number of amides is 1. The maximum absolute atomic E-state index is 14.3. The summed E-state index contributed by atoms with van der Waals surface area (Å²) < 4.78 is 13.6. The standard InChI is InChI=1S/C30H25N9O2/c1-18-7-4-9-22(17-18)39-27(19(2)33-29(40)25-26(31)36-38-15-6-14-32-28(25)38)34-23-10-5-8-20(24(23)30(39)41)11-12-21-13-16-37(3)35-21/h4-10,13-17,19H,1-3H3,(H2,31,36)(H,33,40)/t19-/m0/s1/i19D. The van der Waals surface area contributed by atoms with Crippen LogP contribution in [-0.4, -0.2) is 39.8 Å². The van der Waals surface area contributed by atoms with Crippen LogP contribution < -0.4 is 16.6 Å². The molecule has 11 nitrogen and oxygen atoms in total. The van der Waals surface area contributed by atoms with Crippen molar-refractivity contribution < 1.29 is 6.17 Å². The van der Waals surface area contributed by atoms with Crippen molar-refractivity contribution in [2.75, 3.05) is 5.73 Å². The molecule has 1 atom stereocenters. The largest absolute Gasteiger partial charge is 0.381 e. The fourth-order valence-corrected chi connectivity index (χ4v) is 4.62. The second-order valence-corrected chi connectivity index (χ2v) is 9.47. The maximum atomic E-state index is 14.3. The molecule has 202 valence electrons. The van der Waals surface area contributed by atoms with E-state index in [1.807, 2.05) is 25.1 Å². The first kappa shape index (κ1) is 24.3. The van der Waals surface area contributed by atoms with Gasteiger partial charge in [0.25, 0.3) is 11.5 Å². The third-order valence-electron chi connectivity index (χ3n) is 6.48. The minimum Gasteiger partial charge on any atom is -0.381 e. The molecule has 0 unspecified atom stereocenters. The highest BCUT2D eigenvalue weighted by Gasteiger charge is 2.25. The predicted molar refractivity (Wildman–Crippen MR) is 155 cm³/mol. The van der Waals surface area contributed by atoms with Crippen molar-refractivity contribution >= 4 is 28.3 Å². The van der Waals surface area contributed by atoms with E-state index in [1.165, 1.54) is 22.2 Å². The predicted octanol–water partition coefficient (Wildman–Crippen LogP) is 2.94. The van der Waals surface area contributed by atoms with E-state index in [9.17, 15) is 11.0 Å². The lowest BCUT2D eigenvalue weighted by molar-refractivity contribution is 0.0940. The average Bonchev–Trinajstić information content (AvgIpc) is 3.52. The Balaban J connectivity index is 1.53. The zero-order valence-corrected chi connectivity index (χ0v) is 22.5. The van der Waals surface area contributed by atoms with Crippen molar-refractivity contribution in [1.29, 1.82) is 0 Å². The second kappa shape index (κ2) is 10.1. The normalized spacial score (nSPS) is 12.9. The van der Waals surface area contributed by atoms with Gasteiger partial charge in [-0.15, -0.1) is 5.10 Å². The molecular weight excluding hydrogens is 518 g/mol. The molecule has 0 saturated carbocycles. The van der Waals surface area contributed by atoms with E-state index in [0.29, 0.717) is 22.5 Å². The van der Waals surface area contributed by atoms with Gasteiger partial charge in [0.15, 0.2) is 11.5 Å². The van der Waals surface area contributed by atoms with Gasteiger partial charge in [-0.1, -0.05) is 24.1 Å². The number of nitrogen functional groups attached to an aromatic ring is 1. The van der Waals surface area contributed by atoms with Crippen molar-refractivity contribution in [2.24, 2.45) is 7.05 Å². The maximum Gasteiger partial charge on any atom is 0.267 e. The number of carbonyl (C=O) groups excluding carboxylic acids is 1. The van der Waals surface area contributed by atoms with Crippen molar-refractivity contribution in [3.05, 3.63) is 112 Å². The number of aryl methyl sites for hydroxylation is 2. The summed E-state index contributed by atoms with van der Waals surface area (Å²) >= 11 is 0. The Bertz CT molecular complexity index is 2150. The lowest BCUT2D eigenvalue weighted by Crippen LogP contribution is -2.33. The molecule has 6 rings (SSSR count). The van der Waals surface area contributed by atoms with Gasteiger partial charge in [0.1, 0.15) is 17.1 Å². The van der Waals surface area contributed by atoms with Gasteiger partial charge in [0.05, 0.1) is 24.0 Å². The lowest BCUT2D eigenvalue weighted by atomic mass is 10.1. The highest BCUT2D eigenvalue weighted by molar-refractivity contribution is 6.04. The van der Waals surface area contributed by atoms with Crippen LogP contribution in [0.3, 0.4) is 0 Å². The van der Waals surface area contributed by atoms with Gasteiger partial charge in [-0.2, -0.15) is 5.10 Å². The highest BCUT2D eigenvalue weighted by Crippen LogP contribution is 2.22. The number of aromatic nitrogens is 7. The number of hydrogen-bond acceptors (Lipinski definition) is 7. The van der Waals surface area contributed by atoms with E-state index in [4.69, 9.17) is 10.7 Å². The molecule has 0 aliphatic heterocycles. The first-order valence-corrected chi connectivity index (χ1v) is 12.7. The quantitative estimate of drug-likeness (QED) is 0.326. The fraction of sp³-hybridized carbons (Fsp3) is 0.133. The van der Waals surface area contributed by atoms with Crippen molar-refractivity contribution in [3.8, 4) is 17.5 Å². The number of nitrogens with one attached hydrogen (secondary N) is 1. The van der Waals surface area contributed by atoms with Crippen LogP contribution in [0.4, 0.5) is 5.82 Å². The molecule has 0 aliphatic carbocycles. The van der Waals surface area contributed by atoms with E-state index in [-0.39, 0.29) is 28.2 Å². The Kier molecular flexibility index (Phi) is 5.98. The lowest BCUT2D eigenvalue weighted by Gasteiger charge is -2.20. The topological polar surface area (TPSA) is 138 Å².